The van der Waals surface area contributed by atoms with Crippen LogP contribution < -0.4 is 70.8 Å². The number of benzene rings is 2. The number of amides is 10. The van der Waals surface area contributed by atoms with Crippen LogP contribution in [0.5, 0.6) is 0 Å². The van der Waals surface area contributed by atoms with Crippen molar-refractivity contribution >= 4 is 88.7 Å². The van der Waals surface area contributed by atoms with Crippen molar-refractivity contribution in [2.45, 2.75) is 163 Å². The van der Waals surface area contributed by atoms with Gasteiger partial charge in [0.05, 0.1) is 19.2 Å². The molecule has 5 rings (SSSR count). The highest BCUT2D eigenvalue weighted by Crippen LogP contribution is 2.27. The Kier molecular flexibility index (Phi) is 31.5. The summed E-state index contributed by atoms with van der Waals surface area (Å²) in [5.41, 5.74) is 23.9. The number of nitrogens with one attached hydrogen (secondary N) is 11. The molecule has 93 heavy (non-hydrogen) atoms. The average molecular weight is 1320 g/mol. The highest BCUT2D eigenvalue weighted by molar-refractivity contribution is 7.98. The summed E-state index contributed by atoms with van der Waals surface area (Å²) in [5.74, 6) is -8.36. The molecule has 2 aromatic carbocycles. The molecule has 0 saturated carbocycles. The maximum atomic E-state index is 14.6. The molecule has 0 bridgehead atoms. The molecule has 0 aromatic heterocycles. The third kappa shape index (κ3) is 24.1. The molecule has 0 unspecified atom stereocenters. The summed E-state index contributed by atoms with van der Waals surface area (Å²) >= 11 is 1.52. The molecule has 3 fully saturated rings. The molecule has 0 spiro atoms. The molecule has 3 heterocycles. The van der Waals surface area contributed by atoms with Crippen molar-refractivity contribution in [1.29, 1.82) is 10.8 Å². The lowest BCUT2D eigenvalue weighted by Crippen LogP contribution is -2.60. The first-order valence-corrected chi connectivity index (χ1v) is 33.0. The number of nitrogens with two attached hydrogens (primary N) is 4. The Morgan fingerprint density at radius 2 is 1.01 bits per heavy atom. The number of carbonyl (C=O) groups excluding carboxylic acids is 10. The van der Waals surface area contributed by atoms with Crippen LogP contribution in [0.2, 0.25) is 0 Å². The number of unbranched alkanes of at least 4 members (excludes halogenated alkanes) is 1. The van der Waals surface area contributed by atoms with Crippen LogP contribution in [0, 0.1) is 10.8 Å². The van der Waals surface area contributed by atoms with Crippen molar-refractivity contribution in [3.8, 4) is 0 Å². The Labute approximate surface area is 545 Å². The molecule has 3 aliphatic heterocycles. The fourth-order valence-corrected chi connectivity index (χ4v) is 11.9. The highest BCUT2D eigenvalue weighted by Gasteiger charge is 2.45. The minimum atomic E-state index is -1.63. The largest absolute Gasteiger partial charge is 0.480 e. The molecule has 3 aliphatic rings. The molecular weight excluding hydrogens is 1220 g/mol. The molecule has 0 radical (unpaired) electrons. The van der Waals surface area contributed by atoms with Gasteiger partial charge in [-0.3, -0.25) is 58.8 Å². The van der Waals surface area contributed by atoms with Gasteiger partial charge in [0.25, 0.3) is 0 Å². The van der Waals surface area contributed by atoms with E-state index in [1.165, 1.54) is 26.5 Å². The zero-order valence-corrected chi connectivity index (χ0v) is 53.5. The summed E-state index contributed by atoms with van der Waals surface area (Å²) in [4.78, 5) is 157. The van der Waals surface area contributed by atoms with E-state index < -0.39 is 139 Å². The fourth-order valence-electron chi connectivity index (χ4n) is 11.4. The Morgan fingerprint density at radius 1 is 0.548 bits per heavy atom. The van der Waals surface area contributed by atoms with Crippen LogP contribution in [-0.4, -0.2) is 227 Å². The monoisotopic (exact) mass is 1320 g/mol. The molecule has 31 nitrogen and oxygen atoms in total. The highest BCUT2D eigenvalue weighted by atomic mass is 32.2. The number of carboxylic acids is 1. The number of carbonyl (C=O) groups is 11. The van der Waals surface area contributed by atoms with Gasteiger partial charge in [-0.2, -0.15) is 11.8 Å². The van der Waals surface area contributed by atoms with Crippen molar-refractivity contribution in [2.75, 3.05) is 64.4 Å². The number of likely N-dealkylation sites (tertiary alicyclic amines) is 3. The van der Waals surface area contributed by atoms with Gasteiger partial charge in [-0.05, 0) is 120 Å². The molecule has 512 valence electrons. The first-order valence-electron chi connectivity index (χ1n) is 31.6. The topological polar surface area (TPSA) is 498 Å². The van der Waals surface area contributed by atoms with Crippen LogP contribution >= 0.6 is 11.8 Å². The van der Waals surface area contributed by atoms with E-state index in [4.69, 9.17) is 33.8 Å². The summed E-state index contributed by atoms with van der Waals surface area (Å²) in [6.45, 7) is -0.551. The quantitative estimate of drug-likeness (QED) is 0.0175. The van der Waals surface area contributed by atoms with Crippen LogP contribution in [0.4, 0.5) is 0 Å². The number of aliphatic hydroxyl groups excluding tert-OH is 1. The smallest absolute Gasteiger partial charge is 0.326 e. The maximum Gasteiger partial charge on any atom is 0.326 e. The number of hydrogen-bond acceptors (Lipinski definition) is 17. The standard InChI is InChI=1S/C61H94N18O13S/c1-93-32-25-39(63)50(82)72-40(19-8-9-26-62)51(83)73-41(20-10-27-68-60(64)65)56(88)79-31-14-24-48(79)58(90)78-30-12-22-46(78)54(86)70-35-49(81)71-43(33-37-15-4-2-5-16-37)52(84)76-45(36-80)57(89)77-29-13-23-47(77)55(87)75-44(34-38-17-6-3-7-18-38)53(85)74-42(59(91)92)21-11-28-69-61(66)67/h2-7,15-18,39-48,80H,8-14,19-36,62-63H2,1H3,(H,70,86)(H,71,81)(H,72,82)(H,73,83)(H,74,85)(H,75,87)(H,76,84)(H,91,92)(H4,64,65,68)(H4,66,67,69)/t39-,40-,41-,42-,43-,44-,45-,46-,47-,48-/m0/s1. The van der Waals surface area contributed by atoms with Crippen molar-refractivity contribution in [2.24, 2.45) is 22.9 Å². The number of guanidine groups is 2. The van der Waals surface area contributed by atoms with E-state index in [0.29, 0.717) is 61.9 Å². The van der Waals surface area contributed by atoms with Crippen LogP contribution in [0.25, 0.3) is 0 Å². The first kappa shape index (κ1) is 75.1. The van der Waals surface area contributed by atoms with Crippen molar-refractivity contribution < 1.29 is 63.0 Å². The molecule has 0 aliphatic carbocycles. The normalized spacial score (nSPS) is 18.2. The summed E-state index contributed by atoms with van der Waals surface area (Å²) in [6.07, 6.45) is 5.63. The Bertz CT molecular complexity index is 2880. The number of aliphatic hydroxyl groups is 1. The molecule has 2 aromatic rings. The van der Waals surface area contributed by atoms with Crippen molar-refractivity contribution in [3.63, 3.8) is 0 Å². The zero-order chi connectivity index (χ0) is 68.0. The lowest BCUT2D eigenvalue weighted by molar-refractivity contribution is -0.148. The second-order valence-electron chi connectivity index (χ2n) is 23.3. The third-order valence-corrected chi connectivity index (χ3v) is 17.0. The van der Waals surface area contributed by atoms with Gasteiger partial charge in [-0.1, -0.05) is 60.7 Å². The van der Waals surface area contributed by atoms with E-state index in [9.17, 15) is 63.0 Å². The van der Waals surface area contributed by atoms with Gasteiger partial charge in [-0.15, -0.1) is 0 Å². The number of rotatable bonds is 38. The summed E-state index contributed by atoms with van der Waals surface area (Å²) in [6, 6.07) is 5.13. The van der Waals surface area contributed by atoms with Gasteiger partial charge in [0.15, 0.2) is 11.9 Å². The lowest BCUT2D eigenvalue weighted by Gasteiger charge is -2.33. The molecular formula is C61H94N18O13S. The van der Waals surface area contributed by atoms with Gasteiger partial charge in [-0.25, -0.2) is 4.79 Å². The number of aliphatic carboxylic acids is 1. The van der Waals surface area contributed by atoms with E-state index in [0.717, 1.165) is 0 Å². The minimum absolute atomic E-state index is 0.0245. The van der Waals surface area contributed by atoms with Crippen molar-refractivity contribution in [3.05, 3.63) is 71.8 Å². The zero-order valence-electron chi connectivity index (χ0n) is 52.7. The van der Waals surface area contributed by atoms with Crippen LogP contribution in [0.15, 0.2) is 60.7 Å². The third-order valence-electron chi connectivity index (χ3n) is 16.3. The van der Waals surface area contributed by atoms with Gasteiger partial charge in [0.1, 0.15) is 54.4 Å². The predicted molar refractivity (Wildman–Crippen MR) is 346 cm³/mol. The predicted octanol–water partition coefficient (Wildman–Crippen LogP) is -3.72. The number of hydrogen-bond donors (Lipinski definition) is 17. The van der Waals surface area contributed by atoms with Gasteiger partial charge in [0.2, 0.25) is 59.1 Å². The second-order valence-corrected chi connectivity index (χ2v) is 24.2. The lowest BCUT2D eigenvalue weighted by atomic mass is 10.0. The van der Waals surface area contributed by atoms with E-state index in [1.54, 1.807) is 60.7 Å². The van der Waals surface area contributed by atoms with Gasteiger partial charge < -0.3 is 95.7 Å². The number of thioether (sulfide) groups is 1. The summed E-state index contributed by atoms with van der Waals surface area (Å²) in [7, 11) is 0. The molecule has 32 heteroatoms. The van der Waals surface area contributed by atoms with Crippen LogP contribution in [0.1, 0.15) is 101 Å². The SMILES string of the molecule is CSCC[C@H](N)C(=O)N[C@@H](CCCCN)C(=O)N[C@@H](CCCNC(=N)N)C(=O)N1CCC[C@H]1C(=O)N1CCC[C@H]1C(=O)NCC(=O)N[C@@H](Cc1ccccc1)C(=O)N[C@@H](CO)C(=O)N1CCC[C@H]1C(=O)N[C@@H](Cc1ccccc1)C(=O)N[C@@H](CCCNC(=N)N)C(=O)O. The van der Waals surface area contributed by atoms with Crippen LogP contribution in [0.3, 0.4) is 0 Å². The number of carboxylic acid groups (broad SMARTS) is 1. The summed E-state index contributed by atoms with van der Waals surface area (Å²) < 4.78 is 0. The van der Waals surface area contributed by atoms with Gasteiger partial charge in [0, 0.05) is 45.6 Å². The molecule has 21 N–H and O–H groups in total. The molecule has 3 saturated heterocycles. The fraction of sp³-hybridized carbons (Fsp3) is 0.590. The Hall–Kier alpha value is -8.62. The van der Waals surface area contributed by atoms with E-state index >= 15 is 0 Å². The first-order chi connectivity index (χ1) is 44.6. The second kappa shape index (κ2) is 39.0. The summed E-state index contributed by atoms with van der Waals surface area (Å²) in [5, 5.41) is 59.2. The minimum Gasteiger partial charge on any atom is -0.480 e. The molecule has 10 atom stereocenters. The average Bonchev–Trinajstić information content (AvgIpc) is 1.72. The van der Waals surface area contributed by atoms with Gasteiger partial charge >= 0.3 is 5.97 Å². The maximum absolute atomic E-state index is 14.6. The Morgan fingerprint density at radius 3 is 1.55 bits per heavy atom. The van der Waals surface area contributed by atoms with Crippen molar-refractivity contribution in [1.82, 2.24) is 62.6 Å². The van der Waals surface area contributed by atoms with E-state index in [-0.39, 0.29) is 109 Å². The Balaban J connectivity index is 1.24. The van der Waals surface area contributed by atoms with E-state index in [1.807, 2.05) is 6.26 Å². The van der Waals surface area contributed by atoms with Crippen LogP contribution in [-0.2, 0) is 65.6 Å². The van der Waals surface area contributed by atoms with E-state index in [2.05, 4.69) is 47.9 Å². The molecule has 10 amide bonds. The number of nitrogens with zero attached hydrogens (tertiary/aromatic N) is 3.